The Balaban J connectivity index is 1.43. The van der Waals surface area contributed by atoms with E-state index in [4.69, 9.17) is 4.42 Å². The van der Waals surface area contributed by atoms with Gasteiger partial charge in [0, 0.05) is 37.1 Å². The van der Waals surface area contributed by atoms with E-state index in [-0.39, 0.29) is 12.3 Å². The van der Waals surface area contributed by atoms with Gasteiger partial charge in [-0.05, 0) is 19.1 Å². The standard InChI is InChI=1S/C21H21N3O4/c1-13-2-4-14(5-3-13)17-8-6-15(28-17)7-9-18(25)24-11-10-16-19(23-12-22-16)20(24)21(26)27/h2-6,8,12,20H,7,9-11H2,1H3,(H,22,23)(H,26,27)/t20-/m0/s1. The number of nitrogens with one attached hydrogen (secondary N) is 1. The average Bonchev–Trinajstić information content (AvgIpc) is 3.35. The first-order valence-corrected chi connectivity index (χ1v) is 9.23. The molecule has 0 bridgehead atoms. The second kappa shape index (κ2) is 7.34. The number of carbonyl (C=O) groups is 2. The lowest BCUT2D eigenvalue weighted by atomic mass is 10.0. The summed E-state index contributed by atoms with van der Waals surface area (Å²) in [7, 11) is 0. The molecule has 4 rings (SSSR count). The molecule has 0 saturated carbocycles. The largest absolute Gasteiger partial charge is 0.479 e. The first-order chi connectivity index (χ1) is 13.5. The first kappa shape index (κ1) is 18.0. The number of carboxylic acid groups (broad SMARTS) is 1. The second-order valence-electron chi connectivity index (χ2n) is 6.98. The van der Waals surface area contributed by atoms with E-state index in [9.17, 15) is 14.7 Å². The van der Waals surface area contributed by atoms with Crippen LogP contribution in [0.3, 0.4) is 0 Å². The summed E-state index contributed by atoms with van der Waals surface area (Å²) in [6.07, 6.45) is 2.65. The maximum absolute atomic E-state index is 12.7. The molecular weight excluding hydrogens is 358 g/mol. The van der Waals surface area contributed by atoms with E-state index in [1.807, 2.05) is 43.3 Å². The number of aliphatic carboxylic acids is 1. The van der Waals surface area contributed by atoms with E-state index in [0.717, 1.165) is 17.0 Å². The van der Waals surface area contributed by atoms with Crippen molar-refractivity contribution >= 4 is 11.9 Å². The third-order valence-corrected chi connectivity index (χ3v) is 5.06. The number of benzene rings is 1. The minimum atomic E-state index is -1.07. The highest BCUT2D eigenvalue weighted by Crippen LogP contribution is 2.29. The fourth-order valence-electron chi connectivity index (χ4n) is 3.55. The van der Waals surface area contributed by atoms with Crippen LogP contribution in [0.4, 0.5) is 0 Å². The van der Waals surface area contributed by atoms with Crippen molar-refractivity contribution in [1.82, 2.24) is 14.9 Å². The molecule has 7 heteroatoms. The molecule has 28 heavy (non-hydrogen) atoms. The molecule has 0 aliphatic carbocycles. The summed E-state index contributed by atoms with van der Waals surface area (Å²) < 4.78 is 5.86. The van der Waals surface area contributed by atoms with Gasteiger partial charge in [-0.1, -0.05) is 29.8 Å². The zero-order valence-corrected chi connectivity index (χ0v) is 15.5. The van der Waals surface area contributed by atoms with Crippen LogP contribution in [0.15, 0.2) is 47.1 Å². The van der Waals surface area contributed by atoms with Gasteiger partial charge in [-0.3, -0.25) is 4.79 Å². The number of carbonyl (C=O) groups excluding carboxylic acids is 1. The van der Waals surface area contributed by atoms with Crippen LogP contribution in [0.25, 0.3) is 11.3 Å². The lowest BCUT2D eigenvalue weighted by molar-refractivity contribution is -0.151. The number of imidazole rings is 1. The van der Waals surface area contributed by atoms with Gasteiger partial charge in [-0.15, -0.1) is 0 Å². The molecule has 1 amide bonds. The summed E-state index contributed by atoms with van der Waals surface area (Å²) >= 11 is 0. The van der Waals surface area contributed by atoms with Gasteiger partial charge in [0.05, 0.1) is 12.0 Å². The highest BCUT2D eigenvalue weighted by atomic mass is 16.4. The van der Waals surface area contributed by atoms with Crippen LogP contribution in [0.1, 0.15) is 35.2 Å². The van der Waals surface area contributed by atoms with E-state index in [0.29, 0.717) is 30.8 Å². The molecule has 3 heterocycles. The second-order valence-corrected chi connectivity index (χ2v) is 6.98. The molecule has 0 radical (unpaired) electrons. The van der Waals surface area contributed by atoms with Crippen LogP contribution in [0.2, 0.25) is 0 Å². The minimum Gasteiger partial charge on any atom is -0.479 e. The Morgan fingerprint density at radius 2 is 2.04 bits per heavy atom. The molecule has 2 N–H and O–H groups in total. The van der Waals surface area contributed by atoms with Crippen molar-refractivity contribution in [3.05, 3.63) is 65.4 Å². The summed E-state index contributed by atoms with van der Waals surface area (Å²) in [4.78, 5) is 32.9. The number of fused-ring (bicyclic) bond motifs is 1. The fourth-order valence-corrected chi connectivity index (χ4v) is 3.55. The summed E-state index contributed by atoms with van der Waals surface area (Å²) in [5, 5.41) is 9.59. The molecular formula is C21H21N3O4. The SMILES string of the molecule is Cc1ccc(-c2ccc(CCC(=O)N3CCc4[nH]cnc4[C@H]3C(=O)O)o2)cc1. The normalized spacial score (nSPS) is 16.0. The number of rotatable bonds is 5. The zero-order valence-electron chi connectivity index (χ0n) is 15.5. The summed E-state index contributed by atoms with van der Waals surface area (Å²) in [5.41, 5.74) is 3.36. The van der Waals surface area contributed by atoms with Gasteiger partial charge in [0.2, 0.25) is 5.91 Å². The number of nitrogens with zero attached hydrogens (tertiary/aromatic N) is 2. The fraction of sp³-hybridized carbons (Fsp3) is 0.286. The van der Waals surface area contributed by atoms with Crippen molar-refractivity contribution in [3.63, 3.8) is 0 Å². The third kappa shape index (κ3) is 3.43. The van der Waals surface area contributed by atoms with Gasteiger partial charge in [-0.2, -0.15) is 0 Å². The van der Waals surface area contributed by atoms with E-state index in [1.165, 1.54) is 16.8 Å². The van der Waals surface area contributed by atoms with E-state index >= 15 is 0 Å². The van der Waals surface area contributed by atoms with Crippen LogP contribution in [0, 0.1) is 6.92 Å². The molecule has 0 spiro atoms. The number of hydrogen-bond acceptors (Lipinski definition) is 4. The number of furan rings is 1. The monoisotopic (exact) mass is 379 g/mol. The quantitative estimate of drug-likeness (QED) is 0.709. The molecule has 7 nitrogen and oxygen atoms in total. The number of aryl methyl sites for hydroxylation is 2. The third-order valence-electron chi connectivity index (χ3n) is 5.06. The van der Waals surface area contributed by atoms with Crippen LogP contribution in [0.5, 0.6) is 0 Å². The molecule has 144 valence electrons. The molecule has 1 aliphatic rings. The summed E-state index contributed by atoms with van der Waals surface area (Å²) in [6.45, 7) is 2.39. The number of hydrogen-bond donors (Lipinski definition) is 2. The first-order valence-electron chi connectivity index (χ1n) is 9.23. The molecule has 1 aromatic carbocycles. The topological polar surface area (TPSA) is 99.4 Å². The number of aromatic nitrogens is 2. The maximum atomic E-state index is 12.7. The van der Waals surface area contributed by atoms with Crippen molar-refractivity contribution in [2.45, 2.75) is 32.2 Å². The predicted octanol–water partition coefficient (Wildman–Crippen LogP) is 3.12. The number of H-pyrrole nitrogens is 1. The van der Waals surface area contributed by atoms with Crippen molar-refractivity contribution in [2.75, 3.05) is 6.54 Å². The Morgan fingerprint density at radius 1 is 1.25 bits per heavy atom. The average molecular weight is 379 g/mol. The number of carboxylic acids is 1. The summed E-state index contributed by atoms with van der Waals surface area (Å²) in [6, 6.07) is 10.7. The van der Waals surface area contributed by atoms with Crippen molar-refractivity contribution < 1.29 is 19.1 Å². The van der Waals surface area contributed by atoms with Crippen molar-refractivity contribution in [3.8, 4) is 11.3 Å². The van der Waals surface area contributed by atoms with E-state index in [1.54, 1.807) is 0 Å². The lowest BCUT2D eigenvalue weighted by Crippen LogP contribution is -2.43. The Bertz CT molecular complexity index is 1000. The molecule has 2 aromatic heterocycles. The van der Waals surface area contributed by atoms with Gasteiger partial charge < -0.3 is 19.4 Å². The smallest absolute Gasteiger partial charge is 0.332 e. The Morgan fingerprint density at radius 3 is 2.79 bits per heavy atom. The van der Waals surface area contributed by atoms with Gasteiger partial charge >= 0.3 is 5.97 Å². The van der Waals surface area contributed by atoms with E-state index < -0.39 is 12.0 Å². The highest BCUT2D eigenvalue weighted by molar-refractivity contribution is 5.85. The molecule has 3 aromatic rings. The predicted molar refractivity (Wildman–Crippen MR) is 102 cm³/mol. The molecule has 0 fully saturated rings. The molecule has 0 unspecified atom stereocenters. The van der Waals surface area contributed by atoms with Crippen molar-refractivity contribution in [2.24, 2.45) is 0 Å². The Labute approximate surface area is 162 Å². The lowest BCUT2D eigenvalue weighted by Gasteiger charge is -2.32. The minimum absolute atomic E-state index is 0.185. The highest BCUT2D eigenvalue weighted by Gasteiger charge is 2.37. The van der Waals surface area contributed by atoms with Gasteiger partial charge in [0.1, 0.15) is 11.5 Å². The van der Waals surface area contributed by atoms with Gasteiger partial charge in [-0.25, -0.2) is 9.78 Å². The Kier molecular flexibility index (Phi) is 4.73. The van der Waals surface area contributed by atoms with Crippen LogP contribution < -0.4 is 0 Å². The maximum Gasteiger partial charge on any atom is 0.332 e. The number of amides is 1. The molecule has 0 saturated heterocycles. The van der Waals surface area contributed by atoms with Crippen molar-refractivity contribution in [1.29, 1.82) is 0 Å². The molecule has 1 atom stereocenters. The Hall–Kier alpha value is -3.35. The zero-order chi connectivity index (χ0) is 19.7. The summed E-state index contributed by atoms with van der Waals surface area (Å²) in [5.74, 6) is 0.175. The van der Waals surface area contributed by atoms with Crippen LogP contribution in [-0.4, -0.2) is 38.4 Å². The van der Waals surface area contributed by atoms with Gasteiger partial charge in [0.15, 0.2) is 6.04 Å². The van der Waals surface area contributed by atoms with Crippen LogP contribution in [-0.2, 0) is 22.4 Å². The molecule has 1 aliphatic heterocycles. The van der Waals surface area contributed by atoms with Crippen LogP contribution >= 0.6 is 0 Å². The number of aromatic amines is 1. The van der Waals surface area contributed by atoms with Gasteiger partial charge in [0.25, 0.3) is 0 Å². The van der Waals surface area contributed by atoms with E-state index in [2.05, 4.69) is 9.97 Å².